The van der Waals surface area contributed by atoms with Crippen molar-refractivity contribution in [1.29, 1.82) is 0 Å². The Labute approximate surface area is 146 Å². The molecule has 1 aliphatic rings. The molecular formula is C20H32N2O2. The Kier molecular flexibility index (Phi) is 6.27. The van der Waals surface area contributed by atoms with Gasteiger partial charge in [0.15, 0.2) is 0 Å². The molecule has 4 nitrogen and oxygen atoms in total. The maximum Gasteiger partial charge on any atom is 0.223 e. The van der Waals surface area contributed by atoms with Crippen LogP contribution in [-0.4, -0.2) is 31.1 Å². The first-order chi connectivity index (χ1) is 11.3. The van der Waals surface area contributed by atoms with Gasteiger partial charge < -0.3 is 15.4 Å². The highest BCUT2D eigenvalue weighted by atomic mass is 16.5. The number of hydrogen-bond donors (Lipinski definition) is 2. The third-order valence-corrected chi connectivity index (χ3v) is 4.60. The van der Waals surface area contributed by atoms with Crippen LogP contribution in [0.1, 0.15) is 53.0 Å². The second-order valence-electron chi connectivity index (χ2n) is 8.07. The van der Waals surface area contributed by atoms with Gasteiger partial charge in [0.2, 0.25) is 5.91 Å². The lowest BCUT2D eigenvalue weighted by Crippen LogP contribution is -2.45. The number of amides is 1. The van der Waals surface area contributed by atoms with Gasteiger partial charge in [-0.05, 0) is 56.3 Å². The molecule has 0 aliphatic carbocycles. The second-order valence-corrected chi connectivity index (χ2v) is 8.07. The lowest BCUT2D eigenvalue weighted by Gasteiger charge is -2.28. The van der Waals surface area contributed by atoms with E-state index in [0.717, 1.165) is 25.1 Å². The molecule has 1 aromatic carbocycles. The van der Waals surface area contributed by atoms with Gasteiger partial charge in [-0.15, -0.1) is 0 Å². The van der Waals surface area contributed by atoms with E-state index >= 15 is 0 Å². The Morgan fingerprint density at radius 3 is 2.58 bits per heavy atom. The molecule has 0 bridgehead atoms. The van der Waals surface area contributed by atoms with Crippen molar-refractivity contribution in [3.63, 3.8) is 0 Å². The molecule has 1 aliphatic heterocycles. The Bertz CT molecular complexity index is 534. The molecule has 1 amide bonds. The first kappa shape index (κ1) is 18.8. The summed E-state index contributed by atoms with van der Waals surface area (Å²) in [5.41, 5.74) is 1.43. The number of carbonyl (C=O) groups is 1. The molecule has 0 aromatic heterocycles. The second kappa shape index (κ2) is 8.02. The Morgan fingerprint density at radius 2 is 2.00 bits per heavy atom. The predicted molar refractivity (Wildman–Crippen MR) is 98.4 cm³/mol. The average Bonchev–Trinajstić information content (AvgIpc) is 2.52. The van der Waals surface area contributed by atoms with Crippen LogP contribution in [0.2, 0.25) is 0 Å². The fourth-order valence-corrected chi connectivity index (χ4v) is 3.04. The van der Waals surface area contributed by atoms with Gasteiger partial charge >= 0.3 is 0 Å². The molecule has 2 rings (SSSR count). The molecule has 3 atom stereocenters. The SMILES string of the molecule is CC(COc1ccc(C(C)(C)C)cc1)NC(=O)[C@H]1CCN[C@@H](C)C1. The zero-order valence-corrected chi connectivity index (χ0v) is 15.7. The van der Waals surface area contributed by atoms with Crippen molar-refractivity contribution in [3.05, 3.63) is 29.8 Å². The van der Waals surface area contributed by atoms with E-state index in [2.05, 4.69) is 50.5 Å². The zero-order chi connectivity index (χ0) is 17.7. The molecule has 0 saturated carbocycles. The highest BCUT2D eigenvalue weighted by Crippen LogP contribution is 2.24. The van der Waals surface area contributed by atoms with E-state index in [-0.39, 0.29) is 23.3 Å². The fourth-order valence-electron chi connectivity index (χ4n) is 3.04. The summed E-state index contributed by atoms with van der Waals surface area (Å²) in [4.78, 5) is 12.3. The van der Waals surface area contributed by atoms with Gasteiger partial charge in [0.25, 0.3) is 0 Å². The van der Waals surface area contributed by atoms with Gasteiger partial charge in [0.05, 0.1) is 6.04 Å². The summed E-state index contributed by atoms with van der Waals surface area (Å²) >= 11 is 0. The predicted octanol–water partition coefficient (Wildman–Crippen LogP) is 3.26. The van der Waals surface area contributed by atoms with Gasteiger partial charge in [0, 0.05) is 12.0 Å². The van der Waals surface area contributed by atoms with E-state index in [1.165, 1.54) is 5.56 Å². The summed E-state index contributed by atoms with van der Waals surface area (Å²) in [6.45, 7) is 12.1. The molecule has 0 spiro atoms. The van der Waals surface area contributed by atoms with Crippen molar-refractivity contribution >= 4 is 5.91 Å². The third kappa shape index (κ3) is 5.52. The number of hydrogen-bond acceptors (Lipinski definition) is 3. The number of nitrogens with one attached hydrogen (secondary N) is 2. The Balaban J connectivity index is 1.78. The number of carbonyl (C=O) groups excluding carboxylic acids is 1. The van der Waals surface area contributed by atoms with Gasteiger partial charge in [0.1, 0.15) is 12.4 Å². The summed E-state index contributed by atoms with van der Waals surface area (Å²) in [5.74, 6) is 1.12. The van der Waals surface area contributed by atoms with Crippen molar-refractivity contribution < 1.29 is 9.53 Å². The maximum atomic E-state index is 12.3. The average molecular weight is 332 g/mol. The number of rotatable bonds is 5. The van der Waals surface area contributed by atoms with Gasteiger partial charge in [-0.3, -0.25) is 4.79 Å². The molecule has 1 unspecified atom stereocenters. The summed E-state index contributed by atoms with van der Waals surface area (Å²) in [6, 6.07) is 8.64. The highest BCUT2D eigenvalue weighted by molar-refractivity contribution is 5.79. The van der Waals surface area contributed by atoms with Crippen LogP contribution in [-0.2, 0) is 10.2 Å². The largest absolute Gasteiger partial charge is 0.491 e. The van der Waals surface area contributed by atoms with Gasteiger partial charge in [-0.2, -0.15) is 0 Å². The van der Waals surface area contributed by atoms with E-state index < -0.39 is 0 Å². The van der Waals surface area contributed by atoms with Crippen molar-refractivity contribution in [3.8, 4) is 5.75 Å². The molecule has 24 heavy (non-hydrogen) atoms. The summed E-state index contributed by atoms with van der Waals surface area (Å²) in [6.07, 6.45) is 1.83. The van der Waals surface area contributed by atoms with Crippen LogP contribution >= 0.6 is 0 Å². The molecule has 1 saturated heterocycles. The zero-order valence-electron chi connectivity index (χ0n) is 15.7. The van der Waals surface area contributed by atoms with E-state index in [9.17, 15) is 4.79 Å². The monoisotopic (exact) mass is 332 g/mol. The number of ether oxygens (including phenoxy) is 1. The third-order valence-electron chi connectivity index (χ3n) is 4.60. The quantitative estimate of drug-likeness (QED) is 0.870. The van der Waals surface area contributed by atoms with Crippen molar-refractivity contribution in [2.45, 2.75) is 65.0 Å². The van der Waals surface area contributed by atoms with Crippen LogP contribution in [0.5, 0.6) is 5.75 Å². The van der Waals surface area contributed by atoms with Crippen LogP contribution in [0, 0.1) is 5.92 Å². The van der Waals surface area contributed by atoms with E-state index in [0.29, 0.717) is 12.6 Å². The van der Waals surface area contributed by atoms with Gasteiger partial charge in [-0.1, -0.05) is 32.9 Å². The normalized spacial score (nSPS) is 22.7. The van der Waals surface area contributed by atoms with Crippen LogP contribution in [0.3, 0.4) is 0 Å². The molecule has 1 fully saturated rings. The molecule has 1 aromatic rings. The van der Waals surface area contributed by atoms with Crippen LogP contribution in [0.25, 0.3) is 0 Å². The number of piperidine rings is 1. The van der Waals surface area contributed by atoms with Crippen molar-refractivity contribution in [2.24, 2.45) is 5.92 Å². The minimum absolute atomic E-state index is 0.00462. The molecular weight excluding hydrogens is 300 g/mol. The Morgan fingerprint density at radius 1 is 1.33 bits per heavy atom. The topological polar surface area (TPSA) is 50.4 Å². The van der Waals surface area contributed by atoms with E-state index in [4.69, 9.17) is 4.74 Å². The highest BCUT2D eigenvalue weighted by Gasteiger charge is 2.25. The molecule has 1 heterocycles. The molecule has 4 heteroatoms. The summed E-state index contributed by atoms with van der Waals surface area (Å²) in [5, 5.41) is 6.46. The van der Waals surface area contributed by atoms with Crippen LogP contribution < -0.4 is 15.4 Å². The standard InChI is InChI=1S/C20H32N2O2/c1-14-12-16(10-11-21-14)19(23)22-15(2)13-24-18-8-6-17(7-9-18)20(3,4)5/h6-9,14-16,21H,10-13H2,1-5H3,(H,22,23)/t14-,15?,16-/m0/s1. The minimum Gasteiger partial charge on any atom is -0.491 e. The Hall–Kier alpha value is -1.55. The maximum absolute atomic E-state index is 12.3. The van der Waals surface area contributed by atoms with Crippen LogP contribution in [0.4, 0.5) is 0 Å². The van der Waals surface area contributed by atoms with E-state index in [1.807, 2.05) is 19.1 Å². The van der Waals surface area contributed by atoms with Gasteiger partial charge in [-0.25, -0.2) is 0 Å². The fraction of sp³-hybridized carbons (Fsp3) is 0.650. The first-order valence-corrected chi connectivity index (χ1v) is 9.03. The van der Waals surface area contributed by atoms with Crippen molar-refractivity contribution in [2.75, 3.05) is 13.2 Å². The van der Waals surface area contributed by atoms with E-state index in [1.54, 1.807) is 0 Å². The smallest absolute Gasteiger partial charge is 0.223 e. The lowest BCUT2D eigenvalue weighted by atomic mass is 9.87. The first-order valence-electron chi connectivity index (χ1n) is 9.03. The summed E-state index contributed by atoms with van der Waals surface area (Å²) in [7, 11) is 0. The lowest BCUT2D eigenvalue weighted by molar-refractivity contribution is -0.126. The number of benzene rings is 1. The molecule has 0 radical (unpaired) electrons. The van der Waals surface area contributed by atoms with Crippen LogP contribution in [0.15, 0.2) is 24.3 Å². The minimum atomic E-state index is 0.00462. The molecule has 134 valence electrons. The van der Waals surface area contributed by atoms with Crippen molar-refractivity contribution in [1.82, 2.24) is 10.6 Å². The summed E-state index contributed by atoms with van der Waals surface area (Å²) < 4.78 is 5.82. The molecule has 2 N–H and O–H groups in total.